The van der Waals surface area contributed by atoms with Gasteiger partial charge in [-0.15, -0.1) is 0 Å². The lowest BCUT2D eigenvalue weighted by Gasteiger charge is -2.36. The van der Waals surface area contributed by atoms with Crippen LogP contribution >= 0.6 is 0 Å². The first-order chi connectivity index (χ1) is 16.9. The summed E-state index contributed by atoms with van der Waals surface area (Å²) in [6.45, 7) is 0.593. The molecule has 2 heterocycles. The van der Waals surface area contributed by atoms with Crippen molar-refractivity contribution < 1.29 is 24.6 Å². The Kier molecular flexibility index (Phi) is 5.32. The second-order valence-corrected chi connectivity index (χ2v) is 10.5. The zero-order valence-electron chi connectivity index (χ0n) is 19.7. The number of hydrogen-bond acceptors (Lipinski definition) is 6. The van der Waals surface area contributed by atoms with E-state index >= 15 is 0 Å². The summed E-state index contributed by atoms with van der Waals surface area (Å²) in [6, 6.07) is 8.62. The zero-order valence-corrected chi connectivity index (χ0v) is 19.7. The Morgan fingerprint density at radius 1 is 1.20 bits per heavy atom. The van der Waals surface area contributed by atoms with Gasteiger partial charge < -0.3 is 20.4 Å². The molecular formula is C26H32N5O4+. The summed E-state index contributed by atoms with van der Waals surface area (Å²) in [5.74, 6) is 1.17. The molecule has 0 bridgehead atoms. The van der Waals surface area contributed by atoms with Gasteiger partial charge in [0.25, 0.3) is 5.91 Å². The van der Waals surface area contributed by atoms with Crippen LogP contribution in [0.1, 0.15) is 67.9 Å². The van der Waals surface area contributed by atoms with Gasteiger partial charge >= 0.3 is 5.82 Å². The van der Waals surface area contributed by atoms with Crippen molar-refractivity contribution in [2.45, 2.75) is 63.0 Å². The van der Waals surface area contributed by atoms with Crippen molar-refractivity contribution in [1.29, 1.82) is 0 Å². The van der Waals surface area contributed by atoms with E-state index < -0.39 is 11.5 Å². The van der Waals surface area contributed by atoms with E-state index in [2.05, 4.69) is 5.32 Å². The number of anilines is 2. The lowest BCUT2D eigenvalue weighted by molar-refractivity contribution is -0.894. The summed E-state index contributed by atoms with van der Waals surface area (Å²) in [5.41, 5.74) is 6.60. The summed E-state index contributed by atoms with van der Waals surface area (Å²) < 4.78 is 8.76. The Bertz CT molecular complexity index is 1270. The molecule has 0 spiro atoms. The van der Waals surface area contributed by atoms with Gasteiger partial charge in [-0.1, -0.05) is 0 Å². The smallest absolute Gasteiger partial charge is 0.312 e. The number of hydrogen-bond donors (Lipinski definition) is 4. The normalized spacial score (nSPS) is 24.4. The quantitative estimate of drug-likeness (QED) is 0.304. The Labute approximate surface area is 203 Å². The number of ether oxygens (including phenoxy) is 1. The van der Waals surface area contributed by atoms with Gasteiger partial charge in [0.2, 0.25) is 5.69 Å². The third-order valence-corrected chi connectivity index (χ3v) is 7.80. The van der Waals surface area contributed by atoms with Crippen LogP contribution in [0.5, 0.6) is 5.75 Å². The van der Waals surface area contributed by atoms with Crippen molar-refractivity contribution in [3.05, 3.63) is 42.2 Å². The van der Waals surface area contributed by atoms with E-state index in [1.54, 1.807) is 6.07 Å². The fraction of sp³-hybridized carbons (Fsp3) is 0.500. The molecule has 6 rings (SSSR count). The molecule has 35 heavy (non-hydrogen) atoms. The standard InChI is InChI=1S/C26H31N5O4/c27-24-3-1-2-22(31(24)34)25(32)28-21-12-17-14-30(19-8-10-26(33,11-9-19)18-6-7-18)29-20(17)13-23(21)35-15-16-4-5-16/h1-3,12-14,16,18-19,27,33-34H,4-11,15H2,(H,28,32)/p+1/t19-,26-. The SMILES string of the molecule is Nc1cccc(C(=O)Nc2cc3cn([C@H]4CC[C@@](O)(C5CC5)CC4)nc3cc2OCC2CC2)[n+]1O. The van der Waals surface area contributed by atoms with Gasteiger partial charge in [-0.25, -0.2) is 0 Å². The molecule has 0 atom stereocenters. The van der Waals surface area contributed by atoms with Gasteiger partial charge in [0, 0.05) is 23.7 Å². The lowest BCUT2D eigenvalue weighted by Crippen LogP contribution is -2.42. The second kappa shape index (κ2) is 8.41. The van der Waals surface area contributed by atoms with E-state index in [4.69, 9.17) is 15.6 Å². The van der Waals surface area contributed by atoms with Crippen LogP contribution in [-0.4, -0.2) is 38.2 Å². The fourth-order valence-corrected chi connectivity index (χ4v) is 5.24. The van der Waals surface area contributed by atoms with Gasteiger partial charge in [0.1, 0.15) is 5.75 Å². The fourth-order valence-electron chi connectivity index (χ4n) is 5.24. The van der Waals surface area contributed by atoms with Crippen LogP contribution in [0.2, 0.25) is 0 Å². The first-order valence-corrected chi connectivity index (χ1v) is 12.6. The van der Waals surface area contributed by atoms with E-state index in [0.717, 1.165) is 62.3 Å². The number of carbonyl (C=O) groups is 1. The van der Waals surface area contributed by atoms with Crippen molar-refractivity contribution in [2.75, 3.05) is 17.7 Å². The number of aliphatic hydroxyl groups is 1. The molecule has 9 nitrogen and oxygen atoms in total. The van der Waals surface area contributed by atoms with E-state index in [9.17, 15) is 15.1 Å². The minimum Gasteiger partial charge on any atom is -0.491 e. The van der Waals surface area contributed by atoms with Gasteiger partial charge in [-0.2, -0.15) is 5.10 Å². The monoisotopic (exact) mass is 478 g/mol. The molecule has 5 N–H and O–H groups in total. The molecular weight excluding hydrogens is 446 g/mol. The molecule has 1 amide bonds. The number of nitrogens with two attached hydrogens (primary N) is 1. The maximum Gasteiger partial charge on any atom is 0.312 e. The van der Waals surface area contributed by atoms with Crippen molar-refractivity contribution in [3.63, 3.8) is 0 Å². The van der Waals surface area contributed by atoms with E-state index in [-0.39, 0.29) is 17.6 Å². The Hall–Kier alpha value is -3.33. The van der Waals surface area contributed by atoms with Gasteiger partial charge in [-0.3, -0.25) is 15.2 Å². The van der Waals surface area contributed by atoms with E-state index in [1.807, 2.05) is 23.0 Å². The van der Waals surface area contributed by atoms with Crippen molar-refractivity contribution in [1.82, 2.24) is 9.78 Å². The first kappa shape index (κ1) is 22.2. The minimum absolute atomic E-state index is 0.0271. The molecule has 0 radical (unpaired) electrons. The molecule has 3 aromatic rings. The van der Waals surface area contributed by atoms with Crippen LogP contribution in [0.4, 0.5) is 11.5 Å². The molecule has 2 aromatic heterocycles. The first-order valence-electron chi connectivity index (χ1n) is 12.6. The molecule has 0 unspecified atom stereocenters. The molecule has 184 valence electrons. The number of aromatic nitrogens is 3. The number of benzene rings is 1. The number of rotatable bonds is 7. The number of nitrogens with one attached hydrogen (secondary N) is 1. The van der Waals surface area contributed by atoms with Crippen LogP contribution < -0.4 is 20.5 Å². The van der Waals surface area contributed by atoms with Gasteiger partial charge in [0.05, 0.1) is 29.5 Å². The molecule has 9 heteroatoms. The Morgan fingerprint density at radius 2 is 1.97 bits per heavy atom. The highest BCUT2D eigenvalue weighted by Gasteiger charge is 2.45. The second-order valence-electron chi connectivity index (χ2n) is 10.5. The van der Waals surface area contributed by atoms with Crippen LogP contribution in [0.15, 0.2) is 36.5 Å². The number of amides is 1. The Balaban J connectivity index is 1.27. The maximum atomic E-state index is 13.0. The largest absolute Gasteiger partial charge is 0.491 e. The molecule has 3 fully saturated rings. The van der Waals surface area contributed by atoms with Crippen LogP contribution in [0.3, 0.4) is 0 Å². The highest BCUT2D eigenvalue weighted by molar-refractivity contribution is 6.04. The highest BCUT2D eigenvalue weighted by atomic mass is 16.5. The van der Waals surface area contributed by atoms with Gasteiger partial charge in [-0.05, 0) is 86.1 Å². The third kappa shape index (κ3) is 4.40. The number of pyridine rings is 1. The lowest BCUT2D eigenvalue weighted by atomic mass is 9.79. The molecule has 3 aliphatic rings. The summed E-state index contributed by atoms with van der Waals surface area (Å²) in [4.78, 5) is 13.0. The van der Waals surface area contributed by atoms with Crippen molar-refractivity contribution in [3.8, 4) is 5.75 Å². The summed E-state index contributed by atoms with van der Waals surface area (Å²) in [6.07, 6.45) is 10.1. The highest BCUT2D eigenvalue weighted by Crippen LogP contribution is 2.49. The number of nitrogens with zero attached hydrogens (tertiary/aromatic N) is 3. The predicted molar refractivity (Wildman–Crippen MR) is 129 cm³/mol. The summed E-state index contributed by atoms with van der Waals surface area (Å²) in [7, 11) is 0. The topological polar surface area (TPSA) is 127 Å². The summed E-state index contributed by atoms with van der Waals surface area (Å²) in [5, 5.41) is 29.7. The van der Waals surface area contributed by atoms with Crippen LogP contribution in [0.25, 0.3) is 10.9 Å². The van der Waals surface area contributed by atoms with Gasteiger partial charge in [0.15, 0.2) is 0 Å². The molecule has 3 aliphatic carbocycles. The van der Waals surface area contributed by atoms with Crippen molar-refractivity contribution in [2.24, 2.45) is 11.8 Å². The number of carbonyl (C=O) groups excluding carboxylic acids is 1. The van der Waals surface area contributed by atoms with E-state index in [1.165, 1.54) is 12.1 Å². The van der Waals surface area contributed by atoms with Crippen LogP contribution in [0, 0.1) is 11.8 Å². The molecule has 1 aromatic carbocycles. The predicted octanol–water partition coefficient (Wildman–Crippen LogP) is 3.44. The maximum absolute atomic E-state index is 13.0. The molecule has 0 aliphatic heterocycles. The third-order valence-electron chi connectivity index (χ3n) is 7.80. The number of fused-ring (bicyclic) bond motifs is 1. The summed E-state index contributed by atoms with van der Waals surface area (Å²) >= 11 is 0. The Morgan fingerprint density at radius 3 is 2.69 bits per heavy atom. The average Bonchev–Trinajstić information content (AvgIpc) is 3.77. The number of nitrogen functional groups attached to an aromatic ring is 1. The van der Waals surface area contributed by atoms with Crippen LogP contribution in [-0.2, 0) is 0 Å². The van der Waals surface area contributed by atoms with E-state index in [0.29, 0.717) is 34.6 Å². The molecule has 0 saturated heterocycles. The zero-order chi connectivity index (χ0) is 24.2. The molecule has 3 saturated carbocycles. The van der Waals surface area contributed by atoms with Crippen molar-refractivity contribution >= 4 is 28.3 Å². The average molecular weight is 479 g/mol. The minimum atomic E-state index is -0.491.